The van der Waals surface area contributed by atoms with E-state index in [1.54, 1.807) is 13.0 Å². The first-order chi connectivity index (χ1) is 12.3. The standard InChI is InChI=1S/C22H22FNO2/c1-13-19(11-15-5-8-17(9-6-15)24(3)4)18-10-7-16(23)12-20(18)21(13)14(2)22(25)26/h5-12,14H,1-4H3,(H,25,26)/b19-11-. The lowest BCUT2D eigenvalue weighted by atomic mass is 9.94. The monoisotopic (exact) mass is 351 g/mol. The second kappa shape index (κ2) is 6.79. The predicted molar refractivity (Wildman–Crippen MR) is 104 cm³/mol. The van der Waals surface area contributed by atoms with Gasteiger partial charge in [0.1, 0.15) is 5.82 Å². The lowest BCUT2D eigenvalue weighted by molar-refractivity contribution is -0.139. The average Bonchev–Trinajstić information content (AvgIpc) is 2.86. The molecule has 0 aromatic heterocycles. The number of anilines is 1. The number of benzene rings is 2. The smallest absolute Gasteiger partial charge is 0.310 e. The van der Waals surface area contributed by atoms with E-state index in [-0.39, 0.29) is 5.82 Å². The first kappa shape index (κ1) is 17.9. The Hall–Kier alpha value is -2.88. The molecule has 1 atom stereocenters. The highest BCUT2D eigenvalue weighted by atomic mass is 19.1. The van der Waals surface area contributed by atoms with Gasteiger partial charge in [-0.05, 0) is 77.6 Å². The van der Waals surface area contributed by atoms with Gasteiger partial charge in [0.25, 0.3) is 0 Å². The fourth-order valence-electron chi connectivity index (χ4n) is 3.43. The van der Waals surface area contributed by atoms with Crippen LogP contribution in [0, 0.1) is 11.7 Å². The van der Waals surface area contributed by atoms with Crippen LogP contribution in [0.1, 0.15) is 30.5 Å². The van der Waals surface area contributed by atoms with E-state index >= 15 is 0 Å². The molecule has 1 unspecified atom stereocenters. The summed E-state index contributed by atoms with van der Waals surface area (Å²) in [6, 6.07) is 12.7. The molecule has 0 saturated carbocycles. The van der Waals surface area contributed by atoms with Gasteiger partial charge in [-0.15, -0.1) is 0 Å². The third-order valence-corrected chi connectivity index (χ3v) is 4.89. The molecule has 0 spiro atoms. The molecule has 0 fully saturated rings. The highest BCUT2D eigenvalue weighted by Gasteiger charge is 2.30. The first-order valence-corrected chi connectivity index (χ1v) is 8.53. The predicted octanol–water partition coefficient (Wildman–Crippen LogP) is 4.94. The van der Waals surface area contributed by atoms with Gasteiger partial charge in [0, 0.05) is 19.8 Å². The van der Waals surface area contributed by atoms with Crippen LogP contribution in [0.25, 0.3) is 17.2 Å². The van der Waals surface area contributed by atoms with Crippen molar-refractivity contribution in [3.63, 3.8) is 0 Å². The number of carboxylic acid groups (broad SMARTS) is 1. The number of rotatable bonds is 4. The van der Waals surface area contributed by atoms with Crippen molar-refractivity contribution in [3.8, 4) is 0 Å². The Morgan fingerprint density at radius 2 is 1.77 bits per heavy atom. The van der Waals surface area contributed by atoms with Crippen molar-refractivity contribution in [3.05, 3.63) is 70.5 Å². The third kappa shape index (κ3) is 3.15. The summed E-state index contributed by atoms with van der Waals surface area (Å²) in [6.45, 7) is 3.55. The normalized spacial score (nSPS) is 16.0. The number of aliphatic carboxylic acids is 1. The second-order valence-electron chi connectivity index (χ2n) is 6.83. The SMILES string of the molecule is CC1=C(C(C)C(=O)O)c2cc(F)ccc2/C1=C\c1ccc(N(C)C)cc1. The molecule has 0 radical (unpaired) electrons. The molecule has 4 heteroatoms. The maximum atomic E-state index is 13.8. The summed E-state index contributed by atoms with van der Waals surface area (Å²) in [5.41, 5.74) is 6.19. The summed E-state index contributed by atoms with van der Waals surface area (Å²) < 4.78 is 13.8. The molecule has 0 aliphatic heterocycles. The van der Waals surface area contributed by atoms with Crippen molar-refractivity contribution in [1.29, 1.82) is 0 Å². The van der Waals surface area contributed by atoms with Crippen molar-refractivity contribution >= 4 is 28.9 Å². The Morgan fingerprint density at radius 1 is 1.12 bits per heavy atom. The molecule has 2 aromatic carbocycles. The van der Waals surface area contributed by atoms with E-state index in [0.717, 1.165) is 28.0 Å². The lowest BCUT2D eigenvalue weighted by Crippen LogP contribution is -2.11. The lowest BCUT2D eigenvalue weighted by Gasteiger charge is -2.12. The fraction of sp³-hybridized carbons (Fsp3) is 0.227. The van der Waals surface area contributed by atoms with Gasteiger partial charge < -0.3 is 10.0 Å². The molecule has 0 saturated heterocycles. The van der Waals surface area contributed by atoms with Crippen LogP contribution < -0.4 is 4.90 Å². The van der Waals surface area contributed by atoms with Crippen LogP contribution in [0.3, 0.4) is 0 Å². The molecular weight excluding hydrogens is 329 g/mol. The number of halogens is 1. The fourth-order valence-corrected chi connectivity index (χ4v) is 3.43. The number of carbonyl (C=O) groups is 1. The van der Waals surface area contributed by atoms with Crippen LogP contribution in [-0.2, 0) is 4.79 Å². The first-order valence-electron chi connectivity index (χ1n) is 8.53. The second-order valence-corrected chi connectivity index (χ2v) is 6.83. The Kier molecular flexibility index (Phi) is 4.68. The van der Waals surface area contributed by atoms with E-state index in [1.807, 2.05) is 56.3 Å². The zero-order valence-corrected chi connectivity index (χ0v) is 15.4. The number of allylic oxidation sites excluding steroid dienone is 2. The summed E-state index contributed by atoms with van der Waals surface area (Å²) >= 11 is 0. The van der Waals surface area contributed by atoms with Gasteiger partial charge in [-0.2, -0.15) is 0 Å². The molecule has 0 amide bonds. The minimum Gasteiger partial charge on any atom is -0.481 e. The van der Waals surface area contributed by atoms with Crippen LogP contribution in [0.4, 0.5) is 10.1 Å². The molecule has 3 nitrogen and oxygen atoms in total. The largest absolute Gasteiger partial charge is 0.481 e. The number of fused-ring (bicyclic) bond motifs is 1. The molecule has 2 aromatic rings. The summed E-state index contributed by atoms with van der Waals surface area (Å²) in [5, 5.41) is 9.46. The quantitative estimate of drug-likeness (QED) is 0.848. The van der Waals surface area contributed by atoms with Gasteiger partial charge in [0.15, 0.2) is 0 Å². The topological polar surface area (TPSA) is 40.5 Å². The van der Waals surface area contributed by atoms with Crippen LogP contribution in [-0.4, -0.2) is 25.2 Å². The van der Waals surface area contributed by atoms with E-state index in [1.165, 1.54) is 12.1 Å². The van der Waals surface area contributed by atoms with Gasteiger partial charge >= 0.3 is 5.97 Å². The zero-order chi connectivity index (χ0) is 19.0. The molecule has 3 rings (SSSR count). The van der Waals surface area contributed by atoms with Gasteiger partial charge in [0.05, 0.1) is 5.92 Å². The summed E-state index contributed by atoms with van der Waals surface area (Å²) in [4.78, 5) is 13.6. The van der Waals surface area contributed by atoms with Crippen molar-refractivity contribution in [2.75, 3.05) is 19.0 Å². The molecule has 1 N–H and O–H groups in total. The van der Waals surface area contributed by atoms with E-state index in [2.05, 4.69) is 0 Å². The van der Waals surface area contributed by atoms with Crippen LogP contribution in [0.5, 0.6) is 0 Å². The Morgan fingerprint density at radius 3 is 2.35 bits per heavy atom. The number of hydrogen-bond donors (Lipinski definition) is 1. The van der Waals surface area contributed by atoms with Gasteiger partial charge in [-0.25, -0.2) is 4.39 Å². The molecule has 26 heavy (non-hydrogen) atoms. The van der Waals surface area contributed by atoms with Crippen molar-refractivity contribution < 1.29 is 14.3 Å². The van der Waals surface area contributed by atoms with E-state index in [0.29, 0.717) is 11.1 Å². The summed E-state index contributed by atoms with van der Waals surface area (Å²) in [5.74, 6) is -1.97. The van der Waals surface area contributed by atoms with Crippen molar-refractivity contribution in [2.45, 2.75) is 13.8 Å². The minimum absolute atomic E-state index is 0.358. The van der Waals surface area contributed by atoms with Gasteiger partial charge in [-0.3, -0.25) is 4.79 Å². The van der Waals surface area contributed by atoms with Gasteiger partial charge in [-0.1, -0.05) is 18.2 Å². The molecular formula is C22H22FNO2. The van der Waals surface area contributed by atoms with Crippen molar-refractivity contribution in [1.82, 2.24) is 0 Å². The molecule has 1 aliphatic rings. The Balaban J connectivity index is 2.13. The van der Waals surface area contributed by atoms with E-state index in [9.17, 15) is 14.3 Å². The molecule has 1 aliphatic carbocycles. The third-order valence-electron chi connectivity index (χ3n) is 4.89. The molecule has 134 valence electrons. The van der Waals surface area contributed by atoms with E-state index in [4.69, 9.17) is 0 Å². The number of hydrogen-bond acceptors (Lipinski definition) is 2. The molecule has 0 bridgehead atoms. The zero-order valence-electron chi connectivity index (χ0n) is 15.4. The van der Waals surface area contributed by atoms with Crippen LogP contribution in [0.2, 0.25) is 0 Å². The maximum absolute atomic E-state index is 13.8. The number of carboxylic acids is 1. The highest BCUT2D eigenvalue weighted by molar-refractivity contribution is 6.08. The average molecular weight is 351 g/mol. The Labute approximate surface area is 153 Å². The van der Waals surface area contributed by atoms with Crippen LogP contribution >= 0.6 is 0 Å². The highest BCUT2D eigenvalue weighted by Crippen LogP contribution is 2.45. The minimum atomic E-state index is -0.911. The number of nitrogens with zero attached hydrogens (tertiary/aromatic N) is 1. The molecule has 0 heterocycles. The van der Waals surface area contributed by atoms with E-state index < -0.39 is 11.9 Å². The maximum Gasteiger partial charge on any atom is 0.310 e. The Bertz CT molecular complexity index is 924. The van der Waals surface area contributed by atoms with Gasteiger partial charge in [0.2, 0.25) is 0 Å². The van der Waals surface area contributed by atoms with Crippen LogP contribution in [0.15, 0.2) is 48.0 Å². The summed E-state index contributed by atoms with van der Waals surface area (Å²) in [6.07, 6.45) is 2.03. The summed E-state index contributed by atoms with van der Waals surface area (Å²) in [7, 11) is 3.98. The van der Waals surface area contributed by atoms with Crippen molar-refractivity contribution in [2.24, 2.45) is 5.92 Å².